The van der Waals surface area contributed by atoms with Gasteiger partial charge >= 0.3 is 17.8 Å². The number of aryl methyl sites for hydroxylation is 1. The SMILES string of the molecule is CCOc1ccc(C(=O)Oc2ccc(C=NNC(=O)C(=O)Nc3sc4c(c3C#N)CCCC4)cc2OC)cc1. The van der Waals surface area contributed by atoms with Crippen molar-refractivity contribution in [3.63, 3.8) is 0 Å². The van der Waals surface area contributed by atoms with Crippen molar-refractivity contribution in [2.45, 2.75) is 32.6 Å². The molecule has 2 aromatic carbocycles. The van der Waals surface area contributed by atoms with Crippen molar-refractivity contribution in [3.8, 4) is 23.3 Å². The summed E-state index contributed by atoms with van der Waals surface area (Å²) in [5, 5.41) is 16.3. The van der Waals surface area contributed by atoms with Gasteiger partial charge in [-0.15, -0.1) is 11.3 Å². The number of amides is 2. The lowest BCUT2D eigenvalue weighted by molar-refractivity contribution is -0.136. The maximum atomic E-state index is 12.5. The Morgan fingerprint density at radius 2 is 1.85 bits per heavy atom. The molecular weight excluding hydrogens is 520 g/mol. The highest BCUT2D eigenvalue weighted by Crippen LogP contribution is 2.37. The minimum Gasteiger partial charge on any atom is -0.494 e. The van der Waals surface area contributed by atoms with E-state index in [4.69, 9.17) is 14.2 Å². The van der Waals surface area contributed by atoms with E-state index in [2.05, 4.69) is 21.9 Å². The monoisotopic (exact) mass is 546 g/mol. The highest BCUT2D eigenvalue weighted by molar-refractivity contribution is 7.16. The summed E-state index contributed by atoms with van der Waals surface area (Å²) in [6.07, 6.45) is 5.01. The van der Waals surface area contributed by atoms with E-state index in [0.717, 1.165) is 36.1 Å². The van der Waals surface area contributed by atoms with Crippen LogP contribution in [0, 0.1) is 11.3 Å². The Morgan fingerprint density at radius 1 is 1.08 bits per heavy atom. The molecule has 0 unspecified atom stereocenters. The number of nitriles is 1. The van der Waals surface area contributed by atoms with Gasteiger partial charge in [-0.2, -0.15) is 10.4 Å². The van der Waals surface area contributed by atoms with E-state index in [1.807, 2.05) is 6.92 Å². The van der Waals surface area contributed by atoms with E-state index < -0.39 is 17.8 Å². The number of thiophene rings is 1. The first-order chi connectivity index (χ1) is 18.9. The van der Waals surface area contributed by atoms with Crippen LogP contribution < -0.4 is 25.0 Å². The number of nitrogens with one attached hydrogen (secondary N) is 2. The molecule has 2 amide bonds. The van der Waals surface area contributed by atoms with Gasteiger partial charge in [-0.05, 0) is 86.2 Å². The molecule has 11 heteroatoms. The predicted octanol–water partition coefficient (Wildman–Crippen LogP) is 4.21. The van der Waals surface area contributed by atoms with Crippen LogP contribution in [0.15, 0.2) is 47.6 Å². The fourth-order valence-electron chi connectivity index (χ4n) is 4.01. The van der Waals surface area contributed by atoms with Gasteiger partial charge in [0.1, 0.15) is 16.8 Å². The van der Waals surface area contributed by atoms with E-state index in [-0.39, 0.29) is 11.5 Å². The molecule has 1 heterocycles. The number of nitrogens with zero attached hydrogens (tertiary/aromatic N) is 2. The standard InChI is InChI=1S/C28H26N4O6S/c1-3-37-19-11-9-18(10-12-19)28(35)38-22-13-8-17(14-23(22)36-2)16-30-32-26(34)25(33)31-27-21(15-29)20-6-4-5-7-24(20)39-27/h8-14,16H,3-7H2,1-2H3,(H,31,33)(H,32,34). The van der Waals surface area contributed by atoms with Gasteiger partial charge in [0, 0.05) is 4.88 Å². The van der Waals surface area contributed by atoms with Gasteiger partial charge in [0.2, 0.25) is 0 Å². The van der Waals surface area contributed by atoms with Gasteiger partial charge < -0.3 is 19.5 Å². The molecule has 1 aliphatic carbocycles. The topological polar surface area (TPSA) is 139 Å². The average Bonchev–Trinajstić information content (AvgIpc) is 3.30. The van der Waals surface area contributed by atoms with Crippen molar-refractivity contribution in [1.29, 1.82) is 5.26 Å². The Bertz CT molecular complexity index is 1460. The molecule has 0 aliphatic heterocycles. The number of benzene rings is 2. The minimum absolute atomic E-state index is 0.198. The lowest BCUT2D eigenvalue weighted by Gasteiger charge is -2.10. The second-order valence-corrected chi connectivity index (χ2v) is 9.54. The Morgan fingerprint density at radius 3 is 2.56 bits per heavy atom. The number of hydrogen-bond acceptors (Lipinski definition) is 9. The molecule has 1 aromatic heterocycles. The number of ether oxygens (including phenoxy) is 3. The Kier molecular flexibility index (Phi) is 8.91. The molecule has 0 saturated carbocycles. The van der Waals surface area contributed by atoms with Crippen molar-refractivity contribution >= 4 is 40.3 Å². The number of rotatable bonds is 8. The van der Waals surface area contributed by atoms with Crippen LogP contribution in [0.25, 0.3) is 0 Å². The molecule has 0 bridgehead atoms. The summed E-state index contributed by atoms with van der Waals surface area (Å²) in [4.78, 5) is 38.2. The number of carbonyl (C=O) groups is 3. The normalized spacial score (nSPS) is 12.2. The summed E-state index contributed by atoms with van der Waals surface area (Å²) >= 11 is 1.34. The third-order valence-electron chi connectivity index (χ3n) is 5.89. The van der Waals surface area contributed by atoms with Crippen LogP contribution in [0.5, 0.6) is 17.2 Å². The van der Waals surface area contributed by atoms with Crippen molar-refractivity contribution in [2.75, 3.05) is 19.0 Å². The van der Waals surface area contributed by atoms with E-state index >= 15 is 0 Å². The number of esters is 1. The molecular formula is C28H26N4O6S. The van der Waals surface area contributed by atoms with Gasteiger partial charge in [0.25, 0.3) is 0 Å². The molecule has 200 valence electrons. The number of carbonyl (C=O) groups excluding carboxylic acids is 3. The van der Waals surface area contributed by atoms with Crippen LogP contribution in [0.3, 0.4) is 0 Å². The summed E-state index contributed by atoms with van der Waals surface area (Å²) in [5.41, 5.74) is 4.43. The highest BCUT2D eigenvalue weighted by Gasteiger charge is 2.23. The first kappa shape index (κ1) is 27.3. The first-order valence-electron chi connectivity index (χ1n) is 12.3. The van der Waals surface area contributed by atoms with Crippen molar-refractivity contribution < 1.29 is 28.6 Å². The lowest BCUT2D eigenvalue weighted by Crippen LogP contribution is -2.32. The van der Waals surface area contributed by atoms with E-state index in [1.54, 1.807) is 36.4 Å². The lowest BCUT2D eigenvalue weighted by atomic mass is 9.96. The molecule has 2 N–H and O–H groups in total. The molecule has 1 aliphatic rings. The van der Waals surface area contributed by atoms with Crippen LogP contribution in [0.4, 0.5) is 5.00 Å². The van der Waals surface area contributed by atoms with Gasteiger partial charge in [-0.3, -0.25) is 9.59 Å². The third-order valence-corrected chi connectivity index (χ3v) is 7.09. The van der Waals surface area contributed by atoms with Gasteiger partial charge in [-0.25, -0.2) is 10.2 Å². The van der Waals surface area contributed by atoms with Crippen LogP contribution in [-0.4, -0.2) is 37.7 Å². The van der Waals surface area contributed by atoms with Crippen LogP contribution in [0.1, 0.15) is 51.7 Å². The average molecular weight is 547 g/mol. The second kappa shape index (κ2) is 12.7. The van der Waals surface area contributed by atoms with Gasteiger partial charge in [-0.1, -0.05) is 0 Å². The fraction of sp³-hybridized carbons (Fsp3) is 0.250. The molecule has 10 nitrogen and oxygen atoms in total. The van der Waals surface area contributed by atoms with E-state index in [0.29, 0.717) is 34.0 Å². The zero-order chi connectivity index (χ0) is 27.8. The predicted molar refractivity (Wildman–Crippen MR) is 146 cm³/mol. The Hall–Kier alpha value is -4.69. The Balaban J connectivity index is 1.35. The molecule has 3 aromatic rings. The zero-order valence-electron chi connectivity index (χ0n) is 21.4. The molecule has 4 rings (SSSR count). The fourth-order valence-corrected chi connectivity index (χ4v) is 5.24. The Labute approximate surface area is 229 Å². The first-order valence-corrected chi connectivity index (χ1v) is 13.1. The smallest absolute Gasteiger partial charge is 0.343 e. The maximum absolute atomic E-state index is 12.5. The minimum atomic E-state index is -0.977. The number of anilines is 1. The number of hydrogen-bond donors (Lipinski definition) is 2. The van der Waals surface area contributed by atoms with Gasteiger partial charge in [0.15, 0.2) is 11.5 Å². The van der Waals surface area contributed by atoms with Crippen molar-refractivity contribution in [1.82, 2.24) is 5.43 Å². The van der Waals surface area contributed by atoms with Crippen LogP contribution in [-0.2, 0) is 22.4 Å². The van der Waals surface area contributed by atoms with E-state index in [1.165, 1.54) is 30.7 Å². The summed E-state index contributed by atoms with van der Waals surface area (Å²) in [6.45, 7) is 2.39. The van der Waals surface area contributed by atoms with Crippen molar-refractivity contribution in [3.05, 3.63) is 69.6 Å². The van der Waals surface area contributed by atoms with Crippen LogP contribution >= 0.6 is 11.3 Å². The second-order valence-electron chi connectivity index (χ2n) is 8.44. The quantitative estimate of drug-likeness (QED) is 0.142. The number of fused-ring (bicyclic) bond motifs is 1. The van der Waals surface area contributed by atoms with Crippen LogP contribution in [0.2, 0.25) is 0 Å². The zero-order valence-corrected chi connectivity index (χ0v) is 22.2. The maximum Gasteiger partial charge on any atom is 0.343 e. The molecule has 0 fully saturated rings. The summed E-state index contributed by atoms with van der Waals surface area (Å²) in [6, 6.07) is 13.4. The van der Waals surface area contributed by atoms with Crippen molar-refractivity contribution in [2.24, 2.45) is 5.10 Å². The largest absolute Gasteiger partial charge is 0.494 e. The summed E-state index contributed by atoms with van der Waals surface area (Å²) in [5.74, 6) is -1.35. The molecule has 0 saturated heterocycles. The molecule has 0 radical (unpaired) electrons. The molecule has 39 heavy (non-hydrogen) atoms. The number of methoxy groups -OCH3 is 1. The molecule has 0 spiro atoms. The number of hydrazone groups is 1. The third kappa shape index (κ3) is 6.61. The summed E-state index contributed by atoms with van der Waals surface area (Å²) < 4.78 is 16.2. The van der Waals surface area contributed by atoms with E-state index in [9.17, 15) is 19.6 Å². The summed E-state index contributed by atoms with van der Waals surface area (Å²) in [7, 11) is 1.43. The molecule has 0 atom stereocenters. The highest BCUT2D eigenvalue weighted by atomic mass is 32.1. The van der Waals surface area contributed by atoms with Gasteiger partial charge in [0.05, 0.1) is 31.1 Å².